The van der Waals surface area contributed by atoms with Gasteiger partial charge in [0.15, 0.2) is 0 Å². The van der Waals surface area contributed by atoms with E-state index in [9.17, 15) is 4.79 Å². The molecule has 3 N–H and O–H groups in total. The highest BCUT2D eigenvalue weighted by molar-refractivity contribution is 9.10. The number of aliphatic carboxylic acids is 1. The number of hydrogen-bond donors (Lipinski definition) is 2. The second kappa shape index (κ2) is 6.01. The van der Waals surface area contributed by atoms with Crippen molar-refractivity contribution in [2.75, 3.05) is 0 Å². The SMILES string of the molecule is Cc1ccc(Br)cc1C(N)CCCC(=O)O. The van der Waals surface area contributed by atoms with E-state index in [1.165, 1.54) is 0 Å². The summed E-state index contributed by atoms with van der Waals surface area (Å²) in [5.41, 5.74) is 8.26. The molecule has 0 aliphatic rings. The van der Waals surface area contributed by atoms with Crippen molar-refractivity contribution in [3.63, 3.8) is 0 Å². The van der Waals surface area contributed by atoms with Gasteiger partial charge in [0.25, 0.3) is 0 Å². The molecule has 0 aromatic heterocycles. The number of benzene rings is 1. The van der Waals surface area contributed by atoms with Gasteiger partial charge < -0.3 is 10.8 Å². The maximum atomic E-state index is 10.4. The van der Waals surface area contributed by atoms with Crippen LogP contribution in [0.25, 0.3) is 0 Å². The van der Waals surface area contributed by atoms with E-state index in [2.05, 4.69) is 15.9 Å². The monoisotopic (exact) mass is 285 g/mol. The first-order valence-corrected chi connectivity index (χ1v) is 6.03. The summed E-state index contributed by atoms with van der Waals surface area (Å²) in [6.07, 6.45) is 1.49. The molecule has 0 heterocycles. The summed E-state index contributed by atoms with van der Waals surface area (Å²) in [6.45, 7) is 2.01. The van der Waals surface area contributed by atoms with Crippen molar-refractivity contribution in [3.05, 3.63) is 33.8 Å². The number of carbonyl (C=O) groups is 1. The number of aryl methyl sites for hydroxylation is 1. The highest BCUT2D eigenvalue weighted by Gasteiger charge is 2.10. The lowest BCUT2D eigenvalue weighted by molar-refractivity contribution is -0.137. The van der Waals surface area contributed by atoms with Gasteiger partial charge in [0.2, 0.25) is 0 Å². The van der Waals surface area contributed by atoms with Crippen LogP contribution in [0.2, 0.25) is 0 Å². The smallest absolute Gasteiger partial charge is 0.303 e. The molecule has 4 heteroatoms. The van der Waals surface area contributed by atoms with Gasteiger partial charge in [-0.05, 0) is 43.0 Å². The van der Waals surface area contributed by atoms with E-state index < -0.39 is 5.97 Å². The molecule has 16 heavy (non-hydrogen) atoms. The van der Waals surface area contributed by atoms with Crippen LogP contribution in [0, 0.1) is 6.92 Å². The van der Waals surface area contributed by atoms with Gasteiger partial charge in [-0.15, -0.1) is 0 Å². The van der Waals surface area contributed by atoms with E-state index in [0.717, 1.165) is 15.6 Å². The Labute approximate surface area is 104 Å². The number of carboxylic acids is 1. The van der Waals surface area contributed by atoms with E-state index >= 15 is 0 Å². The van der Waals surface area contributed by atoms with E-state index in [1.54, 1.807) is 0 Å². The van der Waals surface area contributed by atoms with E-state index in [-0.39, 0.29) is 12.5 Å². The van der Waals surface area contributed by atoms with Crippen molar-refractivity contribution in [3.8, 4) is 0 Å². The summed E-state index contributed by atoms with van der Waals surface area (Å²) in [5.74, 6) is -0.766. The van der Waals surface area contributed by atoms with Gasteiger partial charge >= 0.3 is 5.97 Å². The van der Waals surface area contributed by atoms with Crippen LogP contribution >= 0.6 is 15.9 Å². The third-order valence-corrected chi connectivity index (χ3v) is 3.04. The summed E-state index contributed by atoms with van der Waals surface area (Å²) >= 11 is 3.41. The first-order valence-electron chi connectivity index (χ1n) is 5.24. The molecule has 1 atom stereocenters. The van der Waals surface area contributed by atoms with Gasteiger partial charge in [-0.25, -0.2) is 0 Å². The van der Waals surface area contributed by atoms with Crippen molar-refractivity contribution in [1.29, 1.82) is 0 Å². The number of nitrogens with two attached hydrogens (primary N) is 1. The Bertz CT molecular complexity index is 379. The maximum Gasteiger partial charge on any atom is 0.303 e. The van der Waals surface area contributed by atoms with Crippen LogP contribution in [0.5, 0.6) is 0 Å². The zero-order valence-electron chi connectivity index (χ0n) is 9.24. The average molecular weight is 286 g/mol. The van der Waals surface area contributed by atoms with Crippen molar-refractivity contribution < 1.29 is 9.90 Å². The van der Waals surface area contributed by atoms with Gasteiger partial charge in [0, 0.05) is 16.9 Å². The molecule has 0 bridgehead atoms. The quantitative estimate of drug-likeness (QED) is 0.874. The molecule has 1 aromatic rings. The summed E-state index contributed by atoms with van der Waals surface area (Å²) in [5, 5.41) is 8.55. The third kappa shape index (κ3) is 3.94. The molecule has 1 rings (SSSR count). The lowest BCUT2D eigenvalue weighted by Crippen LogP contribution is -2.12. The fourth-order valence-electron chi connectivity index (χ4n) is 1.64. The molecule has 88 valence electrons. The van der Waals surface area contributed by atoms with Gasteiger partial charge in [0.05, 0.1) is 0 Å². The van der Waals surface area contributed by atoms with Crippen LogP contribution in [0.15, 0.2) is 22.7 Å². The molecule has 0 fully saturated rings. The average Bonchev–Trinajstić information content (AvgIpc) is 2.21. The second-order valence-electron chi connectivity index (χ2n) is 3.89. The second-order valence-corrected chi connectivity index (χ2v) is 4.81. The van der Waals surface area contributed by atoms with Crippen LogP contribution in [0.4, 0.5) is 0 Å². The summed E-state index contributed by atoms with van der Waals surface area (Å²) < 4.78 is 1.00. The minimum atomic E-state index is -0.766. The molecular weight excluding hydrogens is 270 g/mol. The van der Waals surface area contributed by atoms with Crippen LogP contribution in [0.3, 0.4) is 0 Å². The molecule has 0 aliphatic carbocycles. The van der Waals surface area contributed by atoms with Crippen molar-refractivity contribution in [2.24, 2.45) is 5.73 Å². The van der Waals surface area contributed by atoms with Crippen LogP contribution in [-0.2, 0) is 4.79 Å². The van der Waals surface area contributed by atoms with E-state index in [0.29, 0.717) is 12.8 Å². The Balaban J connectivity index is 2.61. The molecule has 0 spiro atoms. The molecule has 1 aromatic carbocycles. The number of carboxylic acid groups (broad SMARTS) is 1. The summed E-state index contributed by atoms with van der Waals surface area (Å²) in [6, 6.07) is 5.90. The van der Waals surface area contributed by atoms with Crippen LogP contribution in [0.1, 0.15) is 36.4 Å². The Morgan fingerprint density at radius 3 is 2.88 bits per heavy atom. The minimum absolute atomic E-state index is 0.0863. The molecule has 0 saturated carbocycles. The molecule has 0 aliphatic heterocycles. The zero-order chi connectivity index (χ0) is 12.1. The third-order valence-electron chi connectivity index (χ3n) is 2.55. The zero-order valence-corrected chi connectivity index (χ0v) is 10.8. The number of halogens is 1. The molecule has 0 amide bonds. The standard InChI is InChI=1S/C12H16BrNO2/c1-8-5-6-9(13)7-10(8)11(14)3-2-4-12(15)16/h5-7,11H,2-4,14H2,1H3,(H,15,16). The number of hydrogen-bond acceptors (Lipinski definition) is 2. The molecule has 0 radical (unpaired) electrons. The normalized spacial score (nSPS) is 12.4. The van der Waals surface area contributed by atoms with Gasteiger partial charge in [0.1, 0.15) is 0 Å². The summed E-state index contributed by atoms with van der Waals surface area (Å²) in [4.78, 5) is 10.4. The van der Waals surface area contributed by atoms with E-state index in [4.69, 9.17) is 10.8 Å². The molecular formula is C12H16BrNO2. The number of rotatable bonds is 5. The van der Waals surface area contributed by atoms with E-state index in [1.807, 2.05) is 25.1 Å². The first-order chi connectivity index (χ1) is 7.50. The van der Waals surface area contributed by atoms with Crippen molar-refractivity contribution in [2.45, 2.75) is 32.2 Å². The molecule has 3 nitrogen and oxygen atoms in total. The molecule has 0 saturated heterocycles. The van der Waals surface area contributed by atoms with Crippen molar-refractivity contribution in [1.82, 2.24) is 0 Å². The highest BCUT2D eigenvalue weighted by Crippen LogP contribution is 2.24. The Morgan fingerprint density at radius 2 is 2.25 bits per heavy atom. The lowest BCUT2D eigenvalue weighted by Gasteiger charge is -2.14. The first kappa shape index (κ1) is 13.2. The van der Waals surface area contributed by atoms with Gasteiger partial charge in [-0.2, -0.15) is 0 Å². The fraction of sp³-hybridized carbons (Fsp3) is 0.417. The van der Waals surface area contributed by atoms with Gasteiger partial charge in [-0.3, -0.25) is 4.79 Å². The molecule has 1 unspecified atom stereocenters. The Morgan fingerprint density at radius 1 is 1.56 bits per heavy atom. The topological polar surface area (TPSA) is 63.3 Å². The van der Waals surface area contributed by atoms with Gasteiger partial charge in [-0.1, -0.05) is 22.0 Å². The Kier molecular flexibility index (Phi) is 4.96. The van der Waals surface area contributed by atoms with Crippen molar-refractivity contribution >= 4 is 21.9 Å². The minimum Gasteiger partial charge on any atom is -0.481 e. The Hall–Kier alpha value is -0.870. The predicted octanol–water partition coefficient (Wildman–Crippen LogP) is 3.01. The highest BCUT2D eigenvalue weighted by atomic mass is 79.9. The predicted molar refractivity (Wildman–Crippen MR) is 67.3 cm³/mol. The summed E-state index contributed by atoms with van der Waals surface area (Å²) in [7, 11) is 0. The largest absolute Gasteiger partial charge is 0.481 e. The van der Waals surface area contributed by atoms with Crippen LogP contribution in [-0.4, -0.2) is 11.1 Å². The lowest BCUT2D eigenvalue weighted by atomic mass is 9.98. The van der Waals surface area contributed by atoms with Crippen LogP contribution < -0.4 is 5.73 Å². The maximum absolute atomic E-state index is 10.4. The fourth-order valence-corrected chi connectivity index (χ4v) is 2.02.